The van der Waals surface area contributed by atoms with Crippen LogP contribution in [0.25, 0.3) is 0 Å². The maximum atomic E-state index is 12.2. The molecule has 4 heteroatoms. The minimum atomic E-state index is -3.15. The first-order valence-electron chi connectivity index (χ1n) is 8.00. The van der Waals surface area contributed by atoms with Crippen LogP contribution in [0.3, 0.4) is 0 Å². The number of hydrogen-bond donors (Lipinski definition) is 0. The Hall–Kier alpha value is -2.12. The third kappa shape index (κ3) is 4.69. The summed E-state index contributed by atoms with van der Waals surface area (Å²) in [6, 6.07) is 17.5. The summed E-state index contributed by atoms with van der Waals surface area (Å²) in [5, 5.41) is 8.80. The van der Waals surface area contributed by atoms with Crippen LogP contribution < -0.4 is 0 Å². The first-order chi connectivity index (χ1) is 11.2. The highest BCUT2D eigenvalue weighted by Gasteiger charge is 2.28. The van der Waals surface area contributed by atoms with Crippen LogP contribution in [0, 0.1) is 11.3 Å². The molecule has 24 heavy (non-hydrogen) atoms. The minimum absolute atomic E-state index is 0.0758. The number of aryl methyl sites for hydroxylation is 2. The average molecular weight is 341 g/mol. The van der Waals surface area contributed by atoms with E-state index in [4.69, 9.17) is 5.26 Å². The molecule has 2 rings (SSSR count). The van der Waals surface area contributed by atoms with Crippen LogP contribution in [-0.2, 0) is 28.4 Å². The zero-order valence-electron chi connectivity index (χ0n) is 14.4. The molecule has 2 aromatic carbocycles. The molecule has 0 aromatic heterocycles. The van der Waals surface area contributed by atoms with E-state index in [0.717, 1.165) is 18.4 Å². The molecule has 2 aromatic rings. The Balaban J connectivity index is 1.98. The van der Waals surface area contributed by atoms with Crippen molar-refractivity contribution in [3.8, 4) is 6.07 Å². The lowest BCUT2D eigenvalue weighted by molar-refractivity contribution is 0.559. The Morgan fingerprint density at radius 2 is 1.25 bits per heavy atom. The fourth-order valence-corrected chi connectivity index (χ4v) is 3.34. The van der Waals surface area contributed by atoms with Gasteiger partial charge in [-0.1, -0.05) is 36.4 Å². The second-order valence-electron chi connectivity index (χ2n) is 7.00. The van der Waals surface area contributed by atoms with Crippen LogP contribution >= 0.6 is 0 Å². The Morgan fingerprint density at radius 1 is 0.833 bits per heavy atom. The largest absolute Gasteiger partial charge is 0.228 e. The Bertz CT molecular complexity index is 821. The van der Waals surface area contributed by atoms with Gasteiger partial charge in [0, 0.05) is 0 Å². The van der Waals surface area contributed by atoms with Crippen molar-refractivity contribution in [2.75, 3.05) is 0 Å². The van der Waals surface area contributed by atoms with Gasteiger partial charge in [0.05, 0.1) is 22.1 Å². The second-order valence-corrected chi connectivity index (χ2v) is 9.74. The lowest BCUT2D eigenvalue weighted by Gasteiger charge is -2.19. The fraction of sp³-hybridized carbons (Fsp3) is 0.350. The van der Waals surface area contributed by atoms with Gasteiger partial charge < -0.3 is 0 Å². The van der Waals surface area contributed by atoms with Crippen LogP contribution in [0.2, 0.25) is 0 Å². The van der Waals surface area contributed by atoms with E-state index in [9.17, 15) is 8.42 Å². The highest BCUT2D eigenvalue weighted by molar-refractivity contribution is 7.91. The average Bonchev–Trinajstić information content (AvgIpc) is 2.53. The quantitative estimate of drug-likeness (QED) is 0.824. The molecule has 0 fully saturated rings. The maximum Gasteiger partial charge on any atom is 0.159 e. The van der Waals surface area contributed by atoms with Gasteiger partial charge in [-0.3, -0.25) is 0 Å². The fourth-order valence-electron chi connectivity index (χ4n) is 2.27. The smallest absolute Gasteiger partial charge is 0.159 e. The highest BCUT2D eigenvalue weighted by atomic mass is 32.2. The summed E-state index contributed by atoms with van der Waals surface area (Å²) in [6.07, 6.45) is 1.78. The Labute approximate surface area is 144 Å². The number of sulfone groups is 1. The monoisotopic (exact) mass is 341 g/mol. The molecule has 0 unspecified atom stereocenters. The number of nitrogens with zero attached hydrogens (tertiary/aromatic N) is 1. The normalized spacial score (nSPS) is 11.9. The van der Waals surface area contributed by atoms with Crippen molar-refractivity contribution < 1.29 is 8.42 Å². The first kappa shape index (κ1) is 18.2. The van der Waals surface area contributed by atoms with E-state index >= 15 is 0 Å². The van der Waals surface area contributed by atoms with Gasteiger partial charge in [0.15, 0.2) is 9.84 Å². The molecule has 0 radical (unpaired) electrons. The predicted octanol–water partition coefficient (Wildman–Crippen LogP) is 4.06. The van der Waals surface area contributed by atoms with Crippen LogP contribution in [0.1, 0.15) is 43.0 Å². The molecule has 0 aliphatic heterocycles. The van der Waals surface area contributed by atoms with E-state index < -0.39 is 14.6 Å². The van der Waals surface area contributed by atoms with Crippen molar-refractivity contribution in [1.82, 2.24) is 0 Å². The maximum absolute atomic E-state index is 12.2. The zero-order valence-corrected chi connectivity index (χ0v) is 15.2. The molecule has 126 valence electrons. The van der Waals surface area contributed by atoms with Gasteiger partial charge >= 0.3 is 0 Å². The SMILES string of the molecule is CC(C)(C)S(=O)(=O)Cc1ccc(CCc2ccc(C#N)cc2)cc1. The standard InChI is InChI=1S/C20H23NO2S/c1-20(2,3)24(22,23)15-19-12-8-17(9-13-19)5-4-16-6-10-18(14-21)11-7-16/h6-13H,4-5,15H2,1-3H3. The molecular weight excluding hydrogens is 318 g/mol. The van der Waals surface area contributed by atoms with Gasteiger partial charge in [0.25, 0.3) is 0 Å². The van der Waals surface area contributed by atoms with Crippen molar-refractivity contribution in [2.24, 2.45) is 0 Å². The summed E-state index contributed by atoms with van der Waals surface area (Å²) in [5.41, 5.74) is 3.86. The minimum Gasteiger partial charge on any atom is -0.228 e. The zero-order chi connectivity index (χ0) is 17.8. The predicted molar refractivity (Wildman–Crippen MR) is 97.4 cm³/mol. The van der Waals surface area contributed by atoms with E-state index in [1.807, 2.05) is 48.5 Å². The molecule has 0 atom stereocenters. The topological polar surface area (TPSA) is 57.9 Å². The lowest BCUT2D eigenvalue weighted by atomic mass is 10.0. The van der Waals surface area contributed by atoms with Gasteiger partial charge in [-0.05, 0) is 62.4 Å². The third-order valence-corrected chi connectivity index (χ3v) is 6.68. The lowest BCUT2D eigenvalue weighted by Crippen LogP contribution is -2.29. The van der Waals surface area contributed by atoms with Crippen LogP contribution in [0.5, 0.6) is 0 Å². The van der Waals surface area contributed by atoms with Crippen LogP contribution in [-0.4, -0.2) is 13.2 Å². The highest BCUT2D eigenvalue weighted by Crippen LogP contribution is 2.21. The molecule has 0 saturated heterocycles. The number of hydrogen-bond acceptors (Lipinski definition) is 3. The molecule has 0 aliphatic carbocycles. The van der Waals surface area contributed by atoms with Crippen molar-refractivity contribution in [1.29, 1.82) is 5.26 Å². The number of benzene rings is 2. The van der Waals surface area contributed by atoms with Crippen LogP contribution in [0.15, 0.2) is 48.5 Å². The molecular formula is C20H23NO2S. The summed E-state index contributed by atoms with van der Waals surface area (Å²) in [7, 11) is -3.15. The van der Waals surface area contributed by atoms with Gasteiger partial charge in [-0.2, -0.15) is 5.26 Å². The molecule has 0 bridgehead atoms. The van der Waals surface area contributed by atoms with Gasteiger partial charge in [-0.15, -0.1) is 0 Å². The molecule has 0 heterocycles. The number of nitriles is 1. The molecule has 0 saturated carbocycles. The van der Waals surface area contributed by atoms with E-state index in [2.05, 4.69) is 6.07 Å². The Morgan fingerprint density at radius 3 is 1.67 bits per heavy atom. The van der Waals surface area contributed by atoms with Crippen molar-refractivity contribution in [2.45, 2.75) is 44.1 Å². The van der Waals surface area contributed by atoms with Crippen molar-refractivity contribution >= 4 is 9.84 Å². The summed E-state index contributed by atoms with van der Waals surface area (Å²) in [6.45, 7) is 5.19. The van der Waals surface area contributed by atoms with E-state index in [1.165, 1.54) is 11.1 Å². The third-order valence-electron chi connectivity index (χ3n) is 4.10. The molecule has 3 nitrogen and oxygen atoms in total. The van der Waals surface area contributed by atoms with Crippen LogP contribution in [0.4, 0.5) is 0 Å². The molecule has 0 N–H and O–H groups in total. The van der Waals surface area contributed by atoms with Gasteiger partial charge in [0.2, 0.25) is 0 Å². The van der Waals surface area contributed by atoms with Gasteiger partial charge in [0.1, 0.15) is 0 Å². The molecule has 0 spiro atoms. The summed E-state index contributed by atoms with van der Waals surface area (Å²) < 4.78 is 23.8. The molecule has 0 amide bonds. The summed E-state index contributed by atoms with van der Waals surface area (Å²) in [4.78, 5) is 0. The van der Waals surface area contributed by atoms with E-state index in [-0.39, 0.29) is 5.75 Å². The summed E-state index contributed by atoms with van der Waals surface area (Å²) in [5.74, 6) is 0.0758. The summed E-state index contributed by atoms with van der Waals surface area (Å²) >= 11 is 0. The number of rotatable bonds is 5. The Kier molecular flexibility index (Phi) is 5.46. The first-order valence-corrected chi connectivity index (χ1v) is 9.66. The van der Waals surface area contributed by atoms with E-state index in [0.29, 0.717) is 5.56 Å². The molecule has 0 aliphatic rings. The van der Waals surface area contributed by atoms with Gasteiger partial charge in [-0.25, -0.2) is 8.42 Å². The second kappa shape index (κ2) is 7.19. The van der Waals surface area contributed by atoms with E-state index in [1.54, 1.807) is 20.8 Å². The van der Waals surface area contributed by atoms with Crippen molar-refractivity contribution in [3.63, 3.8) is 0 Å². The van der Waals surface area contributed by atoms with Crippen molar-refractivity contribution in [3.05, 3.63) is 70.8 Å².